The summed E-state index contributed by atoms with van der Waals surface area (Å²) in [7, 11) is -2.07. The van der Waals surface area contributed by atoms with Crippen molar-refractivity contribution < 1.29 is 13.2 Å². The number of benzene rings is 2. The minimum Gasteiger partial charge on any atom is -0.378 e. The van der Waals surface area contributed by atoms with Crippen molar-refractivity contribution in [2.24, 2.45) is 0 Å². The summed E-state index contributed by atoms with van der Waals surface area (Å²) in [6, 6.07) is 16.4. The van der Waals surface area contributed by atoms with Crippen LogP contribution in [-0.4, -0.2) is 41.6 Å². The monoisotopic (exact) mass is 428 g/mol. The Labute approximate surface area is 172 Å². The van der Waals surface area contributed by atoms with Crippen LogP contribution in [0, 0.1) is 0 Å². The molecule has 0 aliphatic rings. The zero-order valence-corrected chi connectivity index (χ0v) is 17.3. The molecule has 0 aliphatic carbocycles. The van der Waals surface area contributed by atoms with Gasteiger partial charge in [-0.15, -0.1) is 10.2 Å². The molecule has 2 aromatic carbocycles. The van der Waals surface area contributed by atoms with Gasteiger partial charge in [-0.3, -0.25) is 0 Å². The number of sulfone groups is 1. The van der Waals surface area contributed by atoms with Crippen molar-refractivity contribution in [2.75, 3.05) is 13.4 Å². The van der Waals surface area contributed by atoms with Gasteiger partial charge in [-0.2, -0.15) is 5.10 Å². The van der Waals surface area contributed by atoms with E-state index in [0.29, 0.717) is 33.2 Å². The van der Waals surface area contributed by atoms with Gasteiger partial charge in [-0.25, -0.2) is 12.9 Å². The first kappa shape index (κ1) is 19.5. The van der Waals surface area contributed by atoms with E-state index in [9.17, 15) is 8.42 Å². The smallest absolute Gasteiger partial charge is 0.203 e. The van der Waals surface area contributed by atoms with Crippen molar-refractivity contribution in [3.63, 3.8) is 0 Å². The summed E-state index contributed by atoms with van der Waals surface area (Å²) >= 11 is 6.03. The van der Waals surface area contributed by atoms with Gasteiger partial charge < -0.3 is 4.74 Å². The lowest BCUT2D eigenvalue weighted by Crippen LogP contribution is -2.10. The maximum Gasteiger partial charge on any atom is 0.203 e. The van der Waals surface area contributed by atoms with Gasteiger partial charge in [0.05, 0.1) is 17.9 Å². The molecule has 2 aromatic heterocycles. The normalized spacial score (nSPS) is 11.8. The molecule has 29 heavy (non-hydrogen) atoms. The molecule has 0 saturated carbocycles. The second-order valence-corrected chi connectivity index (χ2v) is 8.86. The zero-order valence-electron chi connectivity index (χ0n) is 15.7. The number of halogens is 1. The van der Waals surface area contributed by atoms with E-state index in [4.69, 9.17) is 16.3 Å². The maximum atomic E-state index is 12.4. The topological polar surface area (TPSA) is 86.5 Å². The van der Waals surface area contributed by atoms with Crippen LogP contribution in [-0.2, 0) is 21.2 Å². The van der Waals surface area contributed by atoms with Crippen LogP contribution < -0.4 is 0 Å². The number of ether oxygens (including phenoxy) is 1. The minimum atomic E-state index is -3.64. The van der Waals surface area contributed by atoms with Crippen molar-refractivity contribution in [2.45, 2.75) is 11.6 Å². The van der Waals surface area contributed by atoms with E-state index < -0.39 is 9.84 Å². The number of fused-ring (bicyclic) bond motifs is 1. The first-order chi connectivity index (χ1) is 13.9. The molecule has 0 saturated heterocycles. The maximum absolute atomic E-state index is 12.4. The molecule has 0 bridgehead atoms. The highest BCUT2D eigenvalue weighted by Crippen LogP contribution is 2.33. The van der Waals surface area contributed by atoms with E-state index in [-0.39, 0.29) is 11.6 Å². The Kier molecular flexibility index (Phi) is 5.08. The van der Waals surface area contributed by atoms with Gasteiger partial charge in [0.25, 0.3) is 0 Å². The Balaban J connectivity index is 2.11. The highest BCUT2D eigenvalue weighted by molar-refractivity contribution is 7.90. The van der Waals surface area contributed by atoms with Crippen LogP contribution in [0.5, 0.6) is 0 Å². The minimum absolute atomic E-state index is 0.134. The van der Waals surface area contributed by atoms with Gasteiger partial charge in [0, 0.05) is 24.0 Å². The third kappa shape index (κ3) is 3.62. The number of hydrogen-bond acceptors (Lipinski definition) is 6. The van der Waals surface area contributed by atoms with E-state index in [0.717, 1.165) is 11.8 Å². The van der Waals surface area contributed by atoms with E-state index in [1.807, 2.05) is 42.5 Å². The summed E-state index contributed by atoms with van der Waals surface area (Å²) in [5.41, 5.74) is 3.63. The largest absolute Gasteiger partial charge is 0.378 e. The molecule has 0 fully saturated rings. The molecule has 0 N–H and O–H groups in total. The molecule has 2 heterocycles. The zero-order chi connectivity index (χ0) is 20.6. The van der Waals surface area contributed by atoms with Crippen LogP contribution in [0.25, 0.3) is 28.0 Å². The SMILES string of the molecule is COCc1nn2c(-c3ccccc3)c(S(C)(=O)=O)nnc2c1-c1ccc(Cl)cc1. The van der Waals surface area contributed by atoms with Crippen molar-refractivity contribution in [1.29, 1.82) is 0 Å². The lowest BCUT2D eigenvalue weighted by Gasteiger charge is -2.09. The van der Waals surface area contributed by atoms with Crippen LogP contribution in [0.1, 0.15) is 5.69 Å². The van der Waals surface area contributed by atoms with E-state index in [1.165, 1.54) is 4.52 Å². The van der Waals surface area contributed by atoms with Gasteiger partial charge in [0.1, 0.15) is 5.69 Å². The number of hydrogen-bond donors (Lipinski definition) is 0. The Morgan fingerprint density at radius 3 is 2.31 bits per heavy atom. The lowest BCUT2D eigenvalue weighted by molar-refractivity contribution is 0.181. The predicted octanol–water partition coefficient (Wildman–Crippen LogP) is 3.66. The standard InChI is InChI=1S/C20H17ClN4O3S/c1-28-12-16-17(13-8-10-15(21)11-9-13)19-22-23-20(29(2,26)27)18(25(19)24-16)14-6-4-3-5-7-14/h3-11H,12H2,1-2H3. The average molecular weight is 429 g/mol. The molecule has 4 aromatic rings. The quantitative estimate of drug-likeness (QED) is 0.482. The van der Waals surface area contributed by atoms with Gasteiger partial charge in [0.15, 0.2) is 15.5 Å². The molecule has 0 atom stereocenters. The van der Waals surface area contributed by atoms with Crippen molar-refractivity contribution in [3.8, 4) is 22.4 Å². The molecule has 4 rings (SSSR count). The number of methoxy groups -OCH3 is 1. The Morgan fingerprint density at radius 1 is 1.00 bits per heavy atom. The van der Waals surface area contributed by atoms with Crippen molar-refractivity contribution in [3.05, 3.63) is 65.3 Å². The van der Waals surface area contributed by atoms with Gasteiger partial charge in [0.2, 0.25) is 5.03 Å². The van der Waals surface area contributed by atoms with Crippen molar-refractivity contribution >= 4 is 27.1 Å². The van der Waals surface area contributed by atoms with E-state index >= 15 is 0 Å². The number of rotatable bonds is 5. The van der Waals surface area contributed by atoms with Gasteiger partial charge in [-0.05, 0) is 17.7 Å². The fraction of sp³-hybridized carbons (Fsp3) is 0.150. The predicted molar refractivity (Wildman–Crippen MR) is 110 cm³/mol. The highest BCUT2D eigenvalue weighted by atomic mass is 35.5. The van der Waals surface area contributed by atoms with E-state index in [2.05, 4.69) is 15.3 Å². The first-order valence-corrected chi connectivity index (χ1v) is 11.0. The molecule has 0 spiro atoms. The summed E-state index contributed by atoms with van der Waals surface area (Å²) < 4.78 is 31.7. The molecule has 9 heteroatoms. The van der Waals surface area contributed by atoms with Crippen LogP contribution in [0.4, 0.5) is 0 Å². The third-order valence-electron chi connectivity index (χ3n) is 4.40. The molecule has 0 radical (unpaired) electrons. The summed E-state index contributed by atoms with van der Waals surface area (Å²) in [4.78, 5) is 0. The Morgan fingerprint density at radius 2 is 1.69 bits per heavy atom. The highest BCUT2D eigenvalue weighted by Gasteiger charge is 2.25. The Hall–Kier alpha value is -2.81. The second kappa shape index (κ2) is 7.55. The summed E-state index contributed by atoms with van der Waals surface area (Å²) in [6.07, 6.45) is 1.11. The lowest BCUT2D eigenvalue weighted by atomic mass is 10.1. The molecule has 0 aliphatic heterocycles. The van der Waals surface area contributed by atoms with Gasteiger partial charge >= 0.3 is 0 Å². The summed E-state index contributed by atoms with van der Waals surface area (Å²) in [5, 5.41) is 13.4. The summed E-state index contributed by atoms with van der Waals surface area (Å²) in [5.74, 6) is 0. The fourth-order valence-corrected chi connectivity index (χ4v) is 4.04. The number of aromatic nitrogens is 4. The first-order valence-electron chi connectivity index (χ1n) is 8.69. The third-order valence-corrected chi connectivity index (χ3v) is 5.63. The van der Waals surface area contributed by atoms with Crippen molar-refractivity contribution in [1.82, 2.24) is 19.8 Å². The van der Waals surface area contributed by atoms with Crippen LogP contribution in [0.15, 0.2) is 59.6 Å². The molecule has 7 nitrogen and oxygen atoms in total. The summed E-state index contributed by atoms with van der Waals surface area (Å²) in [6.45, 7) is 0.226. The number of nitrogens with zero attached hydrogens (tertiary/aromatic N) is 4. The Bertz CT molecular complexity index is 1290. The molecular weight excluding hydrogens is 412 g/mol. The molecule has 0 unspecified atom stereocenters. The molecule has 0 amide bonds. The van der Waals surface area contributed by atoms with Crippen LogP contribution in [0.3, 0.4) is 0 Å². The average Bonchev–Trinajstić information content (AvgIpc) is 3.06. The molecular formula is C20H17ClN4O3S. The van der Waals surface area contributed by atoms with Crippen LogP contribution in [0.2, 0.25) is 5.02 Å². The molecule has 148 valence electrons. The van der Waals surface area contributed by atoms with Gasteiger partial charge in [-0.1, -0.05) is 54.1 Å². The van der Waals surface area contributed by atoms with E-state index in [1.54, 1.807) is 19.2 Å². The van der Waals surface area contributed by atoms with Crippen LogP contribution >= 0.6 is 11.6 Å². The fourth-order valence-electron chi connectivity index (χ4n) is 3.17. The second-order valence-electron chi connectivity index (χ2n) is 6.49.